The maximum absolute atomic E-state index is 11.1. The van der Waals surface area contributed by atoms with E-state index in [1.165, 1.54) is 5.57 Å². The van der Waals surface area contributed by atoms with Gasteiger partial charge in [-0.15, -0.1) is 0 Å². The van der Waals surface area contributed by atoms with Crippen LogP contribution in [0.15, 0.2) is 35.6 Å². The van der Waals surface area contributed by atoms with E-state index in [0.717, 1.165) is 12.1 Å². The molecule has 1 aliphatic carbocycles. The third-order valence-corrected chi connectivity index (χ3v) is 1.89. The van der Waals surface area contributed by atoms with E-state index in [0.29, 0.717) is 6.54 Å². The second kappa shape index (κ2) is 2.08. The molecule has 0 fully saturated rings. The van der Waals surface area contributed by atoms with Crippen molar-refractivity contribution in [3.05, 3.63) is 40.8 Å². The first-order valence-corrected chi connectivity index (χ1v) is 3.47. The Morgan fingerprint density at radius 3 is 3.00 bits per heavy atom. The predicted molar refractivity (Wildman–Crippen MR) is 39.1 cm³/mol. The molecule has 0 spiro atoms. The van der Waals surface area contributed by atoms with Crippen LogP contribution in [0.4, 0.5) is 0 Å². The van der Waals surface area contributed by atoms with Gasteiger partial charge in [-0.25, -0.2) is 0 Å². The van der Waals surface area contributed by atoms with Crippen LogP contribution >= 0.6 is 0 Å². The molecule has 52 valence electrons. The molecule has 0 aromatic heterocycles. The van der Waals surface area contributed by atoms with Gasteiger partial charge in [0.25, 0.3) is 0 Å². The van der Waals surface area contributed by atoms with E-state index in [2.05, 4.69) is 6.08 Å². The molecule has 0 saturated heterocycles. The maximum Gasteiger partial charge on any atom is 0.134 e. The first-order valence-electron chi connectivity index (χ1n) is 3.47. The molecular weight excluding hydrogens is 126 g/mol. The zero-order valence-electron chi connectivity index (χ0n) is 5.63. The van der Waals surface area contributed by atoms with Gasteiger partial charge >= 0.3 is 0 Å². The summed E-state index contributed by atoms with van der Waals surface area (Å²) in [6, 6.07) is 0. The molecule has 0 bridgehead atoms. The minimum Gasteiger partial charge on any atom is -0.629 e. The minimum atomic E-state index is 0.270. The molecule has 2 rings (SSSR count). The predicted octanol–water partition coefficient (Wildman–Crippen LogP) is 0.153. The summed E-state index contributed by atoms with van der Waals surface area (Å²) in [6.07, 6.45) is 8.90. The zero-order chi connectivity index (χ0) is 6.97. The Labute approximate surface area is 59.7 Å². The third kappa shape index (κ3) is 0.735. The Hall–Kier alpha value is -0.860. The van der Waals surface area contributed by atoms with Crippen LogP contribution in [0.1, 0.15) is 6.42 Å². The fourth-order valence-corrected chi connectivity index (χ4v) is 1.37. The fourth-order valence-electron chi connectivity index (χ4n) is 1.37. The standard InChI is InChI=1S/C8H9NO/c10-9-6-2-4-7-3-1-5-8(7)9/h1-2,4-5,9H,3,6H2. The molecule has 1 unspecified atom stereocenters. The van der Waals surface area contributed by atoms with Gasteiger partial charge in [0.05, 0.1) is 0 Å². The molecule has 10 heavy (non-hydrogen) atoms. The molecule has 1 N–H and O–H groups in total. The highest BCUT2D eigenvalue weighted by Gasteiger charge is 2.15. The maximum atomic E-state index is 11.1. The normalized spacial score (nSPS) is 29.5. The Morgan fingerprint density at radius 1 is 1.30 bits per heavy atom. The lowest BCUT2D eigenvalue weighted by atomic mass is 10.1. The summed E-state index contributed by atoms with van der Waals surface area (Å²) in [7, 11) is 0. The Morgan fingerprint density at radius 2 is 2.20 bits per heavy atom. The molecular formula is C8H9NO. The summed E-state index contributed by atoms with van der Waals surface area (Å²) in [5.41, 5.74) is 2.12. The SMILES string of the molecule is [O-][NH+]1CC=CC2=C1C=CC2. The van der Waals surface area contributed by atoms with E-state index >= 15 is 0 Å². The highest BCUT2D eigenvalue weighted by atomic mass is 16.5. The van der Waals surface area contributed by atoms with Crippen molar-refractivity contribution in [1.29, 1.82) is 0 Å². The molecule has 2 aliphatic rings. The average molecular weight is 135 g/mol. The van der Waals surface area contributed by atoms with E-state index in [1.54, 1.807) is 0 Å². The molecule has 2 nitrogen and oxygen atoms in total. The van der Waals surface area contributed by atoms with Crippen molar-refractivity contribution in [3.63, 3.8) is 0 Å². The number of hydrogen-bond donors (Lipinski definition) is 1. The number of hydroxylamine groups is 2. The summed E-state index contributed by atoms with van der Waals surface area (Å²) in [5.74, 6) is 0. The zero-order valence-corrected chi connectivity index (χ0v) is 5.63. The van der Waals surface area contributed by atoms with E-state index in [1.807, 2.05) is 18.2 Å². The first-order chi connectivity index (χ1) is 4.88. The second-order valence-corrected chi connectivity index (χ2v) is 2.58. The fraction of sp³-hybridized carbons (Fsp3) is 0.250. The molecule has 0 aromatic rings. The van der Waals surface area contributed by atoms with E-state index in [4.69, 9.17) is 0 Å². The van der Waals surface area contributed by atoms with Crippen molar-refractivity contribution < 1.29 is 5.06 Å². The van der Waals surface area contributed by atoms with Crippen LogP contribution in [0, 0.1) is 5.21 Å². The number of nitrogens with one attached hydrogen (secondary N) is 1. The first kappa shape index (κ1) is 5.89. The van der Waals surface area contributed by atoms with Gasteiger partial charge in [0.15, 0.2) is 0 Å². The van der Waals surface area contributed by atoms with Crippen LogP contribution in [0.25, 0.3) is 0 Å². The Balaban J connectivity index is 2.37. The van der Waals surface area contributed by atoms with Gasteiger partial charge in [-0.3, -0.25) is 0 Å². The van der Waals surface area contributed by atoms with Crippen LogP contribution < -0.4 is 5.06 Å². The van der Waals surface area contributed by atoms with Crippen molar-refractivity contribution in [3.8, 4) is 0 Å². The van der Waals surface area contributed by atoms with Gasteiger partial charge < -0.3 is 10.3 Å². The monoisotopic (exact) mass is 135 g/mol. The molecule has 1 atom stereocenters. The molecule has 0 saturated carbocycles. The topological polar surface area (TPSA) is 27.5 Å². The lowest BCUT2D eigenvalue weighted by molar-refractivity contribution is -0.796. The van der Waals surface area contributed by atoms with Crippen LogP contribution in [-0.4, -0.2) is 6.54 Å². The highest BCUT2D eigenvalue weighted by molar-refractivity contribution is 5.37. The molecule has 1 heterocycles. The van der Waals surface area contributed by atoms with Crippen molar-refractivity contribution in [2.45, 2.75) is 6.42 Å². The lowest BCUT2D eigenvalue weighted by Crippen LogP contribution is -3.05. The third-order valence-electron chi connectivity index (χ3n) is 1.89. The summed E-state index contributed by atoms with van der Waals surface area (Å²) in [6.45, 7) is 0.586. The molecule has 1 aliphatic heterocycles. The van der Waals surface area contributed by atoms with Crippen molar-refractivity contribution >= 4 is 0 Å². The van der Waals surface area contributed by atoms with E-state index in [9.17, 15) is 5.21 Å². The summed E-state index contributed by atoms with van der Waals surface area (Å²) in [5, 5.41) is 11.4. The van der Waals surface area contributed by atoms with Gasteiger partial charge in [0, 0.05) is 5.57 Å². The lowest BCUT2D eigenvalue weighted by Gasteiger charge is -2.23. The van der Waals surface area contributed by atoms with Crippen LogP contribution in [-0.2, 0) is 0 Å². The quantitative estimate of drug-likeness (QED) is 0.470. The van der Waals surface area contributed by atoms with E-state index < -0.39 is 0 Å². The van der Waals surface area contributed by atoms with Gasteiger partial charge in [0.1, 0.15) is 12.2 Å². The van der Waals surface area contributed by atoms with Gasteiger partial charge in [-0.2, -0.15) is 0 Å². The molecule has 0 amide bonds. The molecule has 0 aromatic carbocycles. The van der Waals surface area contributed by atoms with E-state index in [-0.39, 0.29) is 5.06 Å². The minimum absolute atomic E-state index is 0.270. The van der Waals surface area contributed by atoms with Gasteiger partial charge in [-0.05, 0) is 18.6 Å². The van der Waals surface area contributed by atoms with Crippen molar-refractivity contribution in [1.82, 2.24) is 0 Å². The largest absolute Gasteiger partial charge is 0.629 e. The summed E-state index contributed by atoms with van der Waals surface area (Å²) in [4.78, 5) is 0. The smallest absolute Gasteiger partial charge is 0.134 e. The van der Waals surface area contributed by atoms with Gasteiger partial charge in [0.2, 0.25) is 0 Å². The number of allylic oxidation sites excluding steroid dienone is 4. The van der Waals surface area contributed by atoms with Crippen molar-refractivity contribution in [2.75, 3.05) is 6.54 Å². The van der Waals surface area contributed by atoms with Crippen LogP contribution in [0.3, 0.4) is 0 Å². The van der Waals surface area contributed by atoms with Gasteiger partial charge in [-0.1, -0.05) is 12.2 Å². The number of rotatable bonds is 0. The average Bonchev–Trinajstić information content (AvgIpc) is 2.36. The second-order valence-electron chi connectivity index (χ2n) is 2.58. The summed E-state index contributed by atoms with van der Waals surface area (Å²) >= 11 is 0. The molecule has 2 heteroatoms. The number of hydrogen-bond acceptors (Lipinski definition) is 1. The Kier molecular flexibility index (Phi) is 1.22. The van der Waals surface area contributed by atoms with Crippen LogP contribution in [0.2, 0.25) is 0 Å². The van der Waals surface area contributed by atoms with Crippen LogP contribution in [0.5, 0.6) is 0 Å². The molecule has 0 radical (unpaired) electrons. The Bertz CT molecular complexity index is 238. The summed E-state index contributed by atoms with van der Waals surface area (Å²) < 4.78 is 0. The highest BCUT2D eigenvalue weighted by Crippen LogP contribution is 2.17. The number of quaternary nitrogens is 1. The van der Waals surface area contributed by atoms with Crippen molar-refractivity contribution in [2.24, 2.45) is 0 Å².